The largest absolute Gasteiger partial charge is 0.461 e. The number of hydrogen-bond donors (Lipinski definition) is 0. The smallest absolute Gasteiger partial charge is 0.217 e. The van der Waals surface area contributed by atoms with Crippen LogP contribution < -0.4 is 0 Å². The molecule has 8 nitrogen and oxygen atoms in total. The predicted molar refractivity (Wildman–Crippen MR) is 95.9 cm³/mol. The first kappa shape index (κ1) is 16.3. The van der Waals surface area contributed by atoms with Gasteiger partial charge in [-0.25, -0.2) is 9.67 Å². The lowest BCUT2D eigenvalue weighted by atomic mass is 10.1. The van der Waals surface area contributed by atoms with Crippen LogP contribution in [0.15, 0.2) is 35.2 Å². The van der Waals surface area contributed by atoms with E-state index in [1.807, 2.05) is 48.7 Å². The van der Waals surface area contributed by atoms with Crippen LogP contribution in [0.5, 0.6) is 0 Å². The van der Waals surface area contributed by atoms with E-state index in [1.54, 1.807) is 17.1 Å². The van der Waals surface area contributed by atoms with Crippen molar-refractivity contribution in [2.24, 2.45) is 14.1 Å². The molecular weight excluding hydrogens is 330 g/mol. The van der Waals surface area contributed by atoms with Gasteiger partial charge in [0, 0.05) is 26.2 Å². The van der Waals surface area contributed by atoms with E-state index in [0.717, 1.165) is 30.0 Å². The Morgan fingerprint density at radius 1 is 1.12 bits per heavy atom. The summed E-state index contributed by atoms with van der Waals surface area (Å²) >= 11 is 0. The van der Waals surface area contributed by atoms with E-state index < -0.39 is 0 Å². The summed E-state index contributed by atoms with van der Waals surface area (Å²) in [5, 5.41) is 13.4. The van der Waals surface area contributed by atoms with Gasteiger partial charge in [0.25, 0.3) is 0 Å². The third-order valence-electron chi connectivity index (χ3n) is 4.61. The standard InChI is InChI=1S/C18H21N7O/c1-12-15(13(2)24(4)21-12)7-8-17-20-18(16-6-5-9-26-16)22-25(17)14-10-19-23(3)11-14/h5-6,9-11H,7-8H2,1-4H3. The van der Waals surface area contributed by atoms with Gasteiger partial charge in [-0.2, -0.15) is 10.2 Å². The molecule has 26 heavy (non-hydrogen) atoms. The minimum absolute atomic E-state index is 0.577. The minimum atomic E-state index is 0.577. The topological polar surface area (TPSA) is 79.5 Å². The summed E-state index contributed by atoms with van der Waals surface area (Å²) in [5.74, 6) is 2.10. The van der Waals surface area contributed by atoms with Crippen LogP contribution in [0, 0.1) is 13.8 Å². The molecule has 0 radical (unpaired) electrons. The van der Waals surface area contributed by atoms with Crippen molar-refractivity contribution in [3.05, 3.63) is 53.6 Å². The number of hydrogen-bond acceptors (Lipinski definition) is 5. The first-order valence-corrected chi connectivity index (χ1v) is 8.51. The molecule has 0 aliphatic heterocycles. The van der Waals surface area contributed by atoms with Crippen LogP contribution >= 0.6 is 0 Å². The van der Waals surface area contributed by atoms with E-state index in [0.29, 0.717) is 11.6 Å². The molecule has 0 unspecified atom stereocenters. The van der Waals surface area contributed by atoms with E-state index in [1.165, 1.54) is 11.3 Å². The fourth-order valence-corrected chi connectivity index (χ4v) is 3.16. The molecule has 8 heteroatoms. The molecule has 0 atom stereocenters. The zero-order valence-corrected chi connectivity index (χ0v) is 15.3. The number of rotatable bonds is 5. The van der Waals surface area contributed by atoms with Crippen molar-refractivity contribution < 1.29 is 4.42 Å². The molecule has 0 aliphatic rings. The van der Waals surface area contributed by atoms with Crippen molar-refractivity contribution in [3.8, 4) is 17.3 Å². The molecule has 0 spiro atoms. The fraction of sp³-hybridized carbons (Fsp3) is 0.333. The first-order chi connectivity index (χ1) is 12.5. The molecule has 4 aromatic heterocycles. The Morgan fingerprint density at radius 2 is 1.96 bits per heavy atom. The van der Waals surface area contributed by atoms with E-state index in [4.69, 9.17) is 9.40 Å². The van der Waals surface area contributed by atoms with E-state index in [2.05, 4.69) is 22.2 Å². The summed E-state index contributed by atoms with van der Waals surface area (Å²) < 4.78 is 11.0. The minimum Gasteiger partial charge on any atom is -0.461 e. The number of aryl methyl sites for hydroxylation is 4. The molecule has 4 aromatic rings. The van der Waals surface area contributed by atoms with Gasteiger partial charge in [0.05, 0.1) is 24.4 Å². The highest BCUT2D eigenvalue weighted by atomic mass is 16.3. The average molecular weight is 351 g/mol. The summed E-state index contributed by atoms with van der Waals surface area (Å²) in [5.41, 5.74) is 4.38. The Balaban J connectivity index is 1.69. The van der Waals surface area contributed by atoms with Gasteiger partial charge in [-0.1, -0.05) is 0 Å². The van der Waals surface area contributed by atoms with Crippen LogP contribution in [-0.2, 0) is 26.9 Å². The third kappa shape index (κ3) is 2.83. The molecule has 0 N–H and O–H groups in total. The number of aromatic nitrogens is 7. The zero-order valence-electron chi connectivity index (χ0n) is 15.3. The normalized spacial score (nSPS) is 11.4. The lowest BCUT2D eigenvalue weighted by Gasteiger charge is -2.04. The Labute approximate surface area is 151 Å². The monoisotopic (exact) mass is 351 g/mol. The number of nitrogens with zero attached hydrogens (tertiary/aromatic N) is 7. The second-order valence-electron chi connectivity index (χ2n) is 6.39. The maximum absolute atomic E-state index is 5.46. The Hall–Kier alpha value is -3.16. The molecule has 0 fully saturated rings. The highest BCUT2D eigenvalue weighted by Gasteiger charge is 2.17. The highest BCUT2D eigenvalue weighted by Crippen LogP contribution is 2.21. The fourth-order valence-electron chi connectivity index (χ4n) is 3.16. The molecule has 4 heterocycles. The second kappa shape index (κ2) is 6.29. The summed E-state index contributed by atoms with van der Waals surface area (Å²) in [6, 6.07) is 3.70. The van der Waals surface area contributed by atoms with Gasteiger partial charge in [0.2, 0.25) is 5.82 Å². The van der Waals surface area contributed by atoms with Crippen LogP contribution in [0.4, 0.5) is 0 Å². The summed E-state index contributed by atoms with van der Waals surface area (Å²) in [6.07, 6.45) is 6.93. The van der Waals surface area contributed by atoms with Gasteiger partial charge in [0.1, 0.15) is 11.5 Å². The summed E-state index contributed by atoms with van der Waals surface area (Å²) in [7, 11) is 3.86. The number of furan rings is 1. The quantitative estimate of drug-likeness (QED) is 0.552. The first-order valence-electron chi connectivity index (χ1n) is 8.51. The molecule has 134 valence electrons. The maximum Gasteiger partial charge on any atom is 0.217 e. The molecule has 0 saturated heterocycles. The van der Waals surface area contributed by atoms with Gasteiger partial charge in [-0.15, -0.1) is 5.10 Å². The van der Waals surface area contributed by atoms with E-state index in [9.17, 15) is 0 Å². The van der Waals surface area contributed by atoms with Crippen molar-refractivity contribution >= 4 is 0 Å². The van der Waals surface area contributed by atoms with Crippen molar-refractivity contribution in [2.75, 3.05) is 0 Å². The van der Waals surface area contributed by atoms with Gasteiger partial charge < -0.3 is 4.42 Å². The zero-order chi connectivity index (χ0) is 18.3. The van der Waals surface area contributed by atoms with Crippen molar-refractivity contribution in [3.63, 3.8) is 0 Å². The molecule has 0 amide bonds. The lowest BCUT2D eigenvalue weighted by Crippen LogP contribution is -2.05. The highest BCUT2D eigenvalue weighted by molar-refractivity contribution is 5.46. The van der Waals surface area contributed by atoms with Crippen LogP contribution in [0.3, 0.4) is 0 Å². The van der Waals surface area contributed by atoms with E-state index in [-0.39, 0.29) is 0 Å². The second-order valence-corrected chi connectivity index (χ2v) is 6.39. The van der Waals surface area contributed by atoms with E-state index >= 15 is 0 Å². The molecule has 4 rings (SSSR count). The van der Waals surface area contributed by atoms with Gasteiger partial charge >= 0.3 is 0 Å². The lowest BCUT2D eigenvalue weighted by molar-refractivity contribution is 0.577. The van der Waals surface area contributed by atoms with Crippen LogP contribution in [0.1, 0.15) is 22.8 Å². The van der Waals surface area contributed by atoms with Crippen LogP contribution in [0.2, 0.25) is 0 Å². The molecule has 0 aliphatic carbocycles. The van der Waals surface area contributed by atoms with Crippen molar-refractivity contribution in [1.29, 1.82) is 0 Å². The van der Waals surface area contributed by atoms with Crippen molar-refractivity contribution in [1.82, 2.24) is 34.3 Å². The van der Waals surface area contributed by atoms with Crippen LogP contribution in [0.25, 0.3) is 17.3 Å². The Bertz CT molecular complexity index is 1040. The molecular formula is C18H21N7O. The van der Waals surface area contributed by atoms with Crippen molar-refractivity contribution in [2.45, 2.75) is 26.7 Å². The summed E-state index contributed by atoms with van der Waals surface area (Å²) in [4.78, 5) is 4.71. The van der Waals surface area contributed by atoms with Crippen LogP contribution in [-0.4, -0.2) is 34.3 Å². The Kier molecular flexibility index (Phi) is 3.95. The summed E-state index contributed by atoms with van der Waals surface area (Å²) in [6.45, 7) is 4.14. The van der Waals surface area contributed by atoms with Gasteiger partial charge in [0.15, 0.2) is 5.76 Å². The predicted octanol–water partition coefficient (Wildman–Crippen LogP) is 2.40. The SMILES string of the molecule is Cc1nn(C)c(C)c1CCc1nc(-c2ccco2)nn1-c1cnn(C)c1. The maximum atomic E-state index is 5.46. The average Bonchev–Trinajstić information content (AvgIpc) is 3.36. The Morgan fingerprint density at radius 3 is 2.58 bits per heavy atom. The van der Waals surface area contributed by atoms with Gasteiger partial charge in [-0.05, 0) is 38.0 Å². The van der Waals surface area contributed by atoms with Gasteiger partial charge in [-0.3, -0.25) is 9.36 Å². The molecule has 0 bridgehead atoms. The molecule has 0 saturated carbocycles. The third-order valence-corrected chi connectivity index (χ3v) is 4.61. The molecule has 0 aromatic carbocycles.